The van der Waals surface area contributed by atoms with Crippen molar-refractivity contribution in [3.8, 4) is 0 Å². The lowest BCUT2D eigenvalue weighted by Crippen LogP contribution is -2.49. The van der Waals surface area contributed by atoms with Gasteiger partial charge in [0.15, 0.2) is 0 Å². The number of piperazine rings is 1. The SMILES string of the molecule is Cc1cc(F)ccc1CNc1cc(C(=O)N2CCN(CCO)CC2)cc2c(CO)c(C)n(CC3CC3)c12. The number of aliphatic hydroxyl groups excluding tert-OH is 2. The molecule has 0 radical (unpaired) electrons. The normalized spacial score (nSPS) is 16.5. The number of nitrogens with one attached hydrogen (secondary N) is 1. The Kier molecular flexibility index (Phi) is 7.51. The molecule has 0 atom stereocenters. The Labute approximate surface area is 217 Å². The second-order valence-corrected chi connectivity index (χ2v) is 10.5. The maximum atomic E-state index is 13.7. The summed E-state index contributed by atoms with van der Waals surface area (Å²) in [6.07, 6.45) is 2.42. The molecule has 1 saturated heterocycles. The highest BCUT2D eigenvalue weighted by atomic mass is 19.1. The van der Waals surface area contributed by atoms with Crippen molar-refractivity contribution < 1.29 is 19.4 Å². The van der Waals surface area contributed by atoms with Crippen LogP contribution in [0.5, 0.6) is 0 Å². The molecule has 3 aromatic rings. The average molecular weight is 509 g/mol. The number of β-amino-alcohol motifs (C(OH)–C–C–N with tert-alkyl or cyclic N) is 1. The van der Waals surface area contributed by atoms with Crippen LogP contribution in [-0.4, -0.2) is 69.8 Å². The molecule has 1 amide bonds. The van der Waals surface area contributed by atoms with Crippen molar-refractivity contribution in [2.75, 3.05) is 44.6 Å². The van der Waals surface area contributed by atoms with Crippen LogP contribution in [0.4, 0.5) is 10.1 Å². The van der Waals surface area contributed by atoms with E-state index in [2.05, 4.69) is 14.8 Å². The molecule has 7 nitrogen and oxygen atoms in total. The first-order valence-corrected chi connectivity index (χ1v) is 13.3. The molecular formula is C29H37FN4O3. The number of hydrogen-bond acceptors (Lipinski definition) is 5. The van der Waals surface area contributed by atoms with Gasteiger partial charge in [-0.2, -0.15) is 0 Å². The summed E-state index contributed by atoms with van der Waals surface area (Å²) in [5.41, 5.74) is 6.22. The number of carbonyl (C=O) groups excluding carboxylic acids is 1. The summed E-state index contributed by atoms with van der Waals surface area (Å²) in [6.45, 7) is 8.70. The van der Waals surface area contributed by atoms with Gasteiger partial charge < -0.3 is 25.0 Å². The predicted molar refractivity (Wildman–Crippen MR) is 143 cm³/mol. The number of benzene rings is 2. The average Bonchev–Trinajstić information content (AvgIpc) is 3.67. The number of amides is 1. The molecule has 2 aromatic carbocycles. The molecule has 37 heavy (non-hydrogen) atoms. The van der Waals surface area contributed by atoms with E-state index in [0.29, 0.717) is 37.7 Å². The lowest BCUT2D eigenvalue weighted by atomic mass is 10.0. The van der Waals surface area contributed by atoms with Gasteiger partial charge in [0.2, 0.25) is 0 Å². The molecule has 8 heteroatoms. The largest absolute Gasteiger partial charge is 0.395 e. The summed E-state index contributed by atoms with van der Waals surface area (Å²) < 4.78 is 16.0. The van der Waals surface area contributed by atoms with Crippen LogP contribution in [0.1, 0.15) is 45.6 Å². The molecule has 1 saturated carbocycles. The number of aryl methyl sites for hydroxylation is 1. The predicted octanol–water partition coefficient (Wildman–Crippen LogP) is 3.66. The van der Waals surface area contributed by atoms with E-state index in [1.54, 1.807) is 6.07 Å². The van der Waals surface area contributed by atoms with Crippen molar-refractivity contribution in [1.29, 1.82) is 0 Å². The Balaban J connectivity index is 1.52. The summed E-state index contributed by atoms with van der Waals surface area (Å²) in [6, 6.07) is 8.68. The number of nitrogens with zero attached hydrogens (tertiary/aromatic N) is 3. The molecule has 0 bridgehead atoms. The summed E-state index contributed by atoms with van der Waals surface area (Å²) in [7, 11) is 0. The van der Waals surface area contributed by atoms with Crippen molar-refractivity contribution in [1.82, 2.24) is 14.4 Å². The van der Waals surface area contributed by atoms with Gasteiger partial charge in [0, 0.05) is 68.0 Å². The number of hydrogen-bond donors (Lipinski definition) is 3. The summed E-state index contributed by atoms with van der Waals surface area (Å²) in [5.74, 6) is 0.365. The standard InChI is InChI=1S/C29H37FN4O3/c1-19-13-24(30)6-5-22(19)16-31-27-15-23(29(37)33-9-7-32(8-10-33)11-12-35)14-25-26(18-36)20(2)34(28(25)27)17-21-3-4-21/h5-6,13-15,21,31,35-36H,3-4,7-12,16-18H2,1-2H3. The third kappa shape index (κ3) is 5.37. The van der Waals surface area contributed by atoms with Crippen LogP contribution < -0.4 is 5.32 Å². The van der Waals surface area contributed by atoms with Crippen LogP contribution >= 0.6 is 0 Å². The third-order valence-electron chi connectivity index (χ3n) is 7.94. The van der Waals surface area contributed by atoms with Crippen molar-refractivity contribution in [3.05, 3.63) is 64.1 Å². The first-order chi connectivity index (χ1) is 17.9. The highest BCUT2D eigenvalue weighted by Gasteiger charge is 2.28. The molecular weight excluding hydrogens is 471 g/mol. The highest BCUT2D eigenvalue weighted by Crippen LogP contribution is 2.38. The van der Waals surface area contributed by atoms with Gasteiger partial charge in [-0.05, 0) is 68.0 Å². The van der Waals surface area contributed by atoms with E-state index in [9.17, 15) is 19.4 Å². The number of fused-ring (bicyclic) bond motifs is 1. The van der Waals surface area contributed by atoms with E-state index < -0.39 is 0 Å². The molecule has 1 aliphatic heterocycles. The fourth-order valence-electron chi connectivity index (χ4n) is 5.47. The number of halogens is 1. The van der Waals surface area contributed by atoms with Gasteiger partial charge in [0.1, 0.15) is 5.82 Å². The molecule has 3 N–H and O–H groups in total. The minimum atomic E-state index is -0.253. The van der Waals surface area contributed by atoms with Crippen LogP contribution in [0.25, 0.3) is 10.9 Å². The van der Waals surface area contributed by atoms with E-state index in [4.69, 9.17) is 0 Å². The molecule has 198 valence electrons. The fraction of sp³-hybridized carbons (Fsp3) is 0.483. The third-order valence-corrected chi connectivity index (χ3v) is 7.94. The Morgan fingerprint density at radius 1 is 1.08 bits per heavy atom. The number of aromatic nitrogens is 1. The highest BCUT2D eigenvalue weighted by molar-refractivity contribution is 6.04. The van der Waals surface area contributed by atoms with Crippen molar-refractivity contribution in [2.24, 2.45) is 5.92 Å². The number of rotatable bonds is 9. The van der Waals surface area contributed by atoms with E-state index in [0.717, 1.165) is 58.6 Å². The second kappa shape index (κ2) is 10.8. The van der Waals surface area contributed by atoms with Crippen molar-refractivity contribution in [2.45, 2.75) is 46.4 Å². The van der Waals surface area contributed by atoms with Crippen molar-refractivity contribution >= 4 is 22.5 Å². The monoisotopic (exact) mass is 508 g/mol. The topological polar surface area (TPSA) is 81.0 Å². The van der Waals surface area contributed by atoms with Gasteiger partial charge in [-0.15, -0.1) is 0 Å². The molecule has 1 aliphatic carbocycles. The lowest BCUT2D eigenvalue weighted by Gasteiger charge is -2.34. The maximum absolute atomic E-state index is 13.7. The Morgan fingerprint density at radius 3 is 2.49 bits per heavy atom. The molecule has 1 aromatic heterocycles. The van der Waals surface area contributed by atoms with Gasteiger partial charge in [0.25, 0.3) is 5.91 Å². The van der Waals surface area contributed by atoms with Crippen LogP contribution in [0.3, 0.4) is 0 Å². The molecule has 5 rings (SSSR count). The van der Waals surface area contributed by atoms with Gasteiger partial charge in [-0.1, -0.05) is 6.07 Å². The molecule has 0 spiro atoms. The smallest absolute Gasteiger partial charge is 0.254 e. The zero-order chi connectivity index (χ0) is 26.1. The van der Waals surface area contributed by atoms with Gasteiger partial charge >= 0.3 is 0 Å². The van der Waals surface area contributed by atoms with Crippen LogP contribution in [0.15, 0.2) is 30.3 Å². The quantitative estimate of drug-likeness (QED) is 0.411. The number of anilines is 1. The van der Waals surface area contributed by atoms with Crippen molar-refractivity contribution in [3.63, 3.8) is 0 Å². The molecule has 2 heterocycles. The van der Waals surface area contributed by atoms with E-state index in [1.165, 1.54) is 25.0 Å². The minimum absolute atomic E-state index is 0.0250. The Morgan fingerprint density at radius 2 is 1.84 bits per heavy atom. The summed E-state index contributed by atoms with van der Waals surface area (Å²) in [4.78, 5) is 17.7. The van der Waals surface area contributed by atoms with Crippen LogP contribution in [0.2, 0.25) is 0 Å². The maximum Gasteiger partial charge on any atom is 0.254 e. The second-order valence-electron chi connectivity index (χ2n) is 10.5. The van der Waals surface area contributed by atoms with E-state index in [1.807, 2.05) is 30.9 Å². The summed E-state index contributed by atoms with van der Waals surface area (Å²) in [5, 5.41) is 24.0. The Bertz CT molecular complexity index is 1290. The number of carbonyl (C=O) groups is 1. The Hall–Kier alpha value is -2.94. The van der Waals surface area contributed by atoms with Crippen LogP contribution in [0, 0.1) is 25.6 Å². The number of aliphatic hydroxyl groups is 2. The summed E-state index contributed by atoms with van der Waals surface area (Å²) >= 11 is 0. The molecule has 0 unspecified atom stereocenters. The van der Waals surface area contributed by atoms with E-state index in [-0.39, 0.29) is 24.9 Å². The minimum Gasteiger partial charge on any atom is -0.395 e. The lowest BCUT2D eigenvalue weighted by molar-refractivity contribution is 0.0615. The molecule has 2 fully saturated rings. The fourth-order valence-corrected chi connectivity index (χ4v) is 5.47. The van der Waals surface area contributed by atoms with Gasteiger partial charge in [-0.3, -0.25) is 9.69 Å². The zero-order valence-electron chi connectivity index (χ0n) is 21.8. The molecule has 2 aliphatic rings. The van der Waals surface area contributed by atoms with Gasteiger partial charge in [0.05, 0.1) is 24.4 Å². The van der Waals surface area contributed by atoms with Gasteiger partial charge in [-0.25, -0.2) is 4.39 Å². The van der Waals surface area contributed by atoms with Crippen LogP contribution in [-0.2, 0) is 19.7 Å². The zero-order valence-corrected chi connectivity index (χ0v) is 21.8. The first kappa shape index (κ1) is 25.7. The first-order valence-electron chi connectivity index (χ1n) is 13.3. The van der Waals surface area contributed by atoms with E-state index >= 15 is 0 Å².